The molecule has 31 heavy (non-hydrogen) atoms. The fourth-order valence-electron chi connectivity index (χ4n) is 4.29. The lowest BCUT2D eigenvalue weighted by Crippen LogP contribution is -2.20. The Morgan fingerprint density at radius 1 is 0.871 bits per heavy atom. The van der Waals surface area contributed by atoms with Gasteiger partial charge in [0.15, 0.2) is 0 Å². The Kier molecular flexibility index (Phi) is 4.87. The summed E-state index contributed by atoms with van der Waals surface area (Å²) in [6.45, 7) is 0.682. The highest BCUT2D eigenvalue weighted by Gasteiger charge is 2.26. The molecule has 1 N–H and O–H groups in total. The predicted molar refractivity (Wildman–Crippen MR) is 120 cm³/mol. The van der Waals surface area contributed by atoms with Crippen LogP contribution >= 0.6 is 0 Å². The summed E-state index contributed by atoms with van der Waals surface area (Å²) in [4.78, 5) is 15.8. The minimum atomic E-state index is -3.89. The number of aromatic amines is 1. The van der Waals surface area contributed by atoms with Crippen molar-refractivity contribution in [1.29, 1.82) is 0 Å². The standard InChI is InChI=1S/C25H22N2O3S/c28-25-22(31(29,30)21-12-5-2-6-13-21)16-20-11-7-10-19-14-15-27(24(19)23(20)26-25)17-18-8-3-1-4-9-18/h1-6,8-9,12-16H,7,10-11,17H2,(H,26,28). The molecule has 0 fully saturated rings. The molecule has 1 aliphatic rings. The Morgan fingerprint density at radius 2 is 1.55 bits per heavy atom. The van der Waals surface area contributed by atoms with Crippen molar-refractivity contribution in [1.82, 2.24) is 9.55 Å². The number of nitrogens with one attached hydrogen (secondary N) is 1. The normalized spacial score (nSPS) is 13.3. The van der Waals surface area contributed by atoms with Crippen LogP contribution in [0.15, 0.2) is 93.6 Å². The molecule has 0 unspecified atom stereocenters. The molecule has 156 valence electrons. The van der Waals surface area contributed by atoms with Gasteiger partial charge in [0, 0.05) is 12.7 Å². The first kappa shape index (κ1) is 19.6. The molecule has 0 bridgehead atoms. The lowest BCUT2D eigenvalue weighted by Gasteiger charge is -2.14. The average Bonchev–Trinajstić information content (AvgIpc) is 3.08. The van der Waals surface area contributed by atoms with Gasteiger partial charge in [-0.05, 0) is 60.2 Å². The summed E-state index contributed by atoms with van der Waals surface area (Å²) in [7, 11) is -3.89. The van der Waals surface area contributed by atoms with Crippen LogP contribution < -0.4 is 5.56 Å². The van der Waals surface area contributed by atoms with E-state index in [2.05, 4.69) is 27.8 Å². The fourth-order valence-corrected chi connectivity index (χ4v) is 5.65. The monoisotopic (exact) mass is 430 g/mol. The van der Waals surface area contributed by atoms with E-state index in [0.717, 1.165) is 35.4 Å². The van der Waals surface area contributed by atoms with Gasteiger partial charge in [0.1, 0.15) is 4.90 Å². The number of hydrogen-bond acceptors (Lipinski definition) is 3. The molecule has 4 aromatic rings. The molecule has 6 heteroatoms. The van der Waals surface area contributed by atoms with Gasteiger partial charge in [-0.15, -0.1) is 0 Å². The lowest BCUT2D eigenvalue weighted by atomic mass is 10.1. The van der Waals surface area contributed by atoms with E-state index in [-0.39, 0.29) is 9.79 Å². The van der Waals surface area contributed by atoms with Crippen LogP contribution in [0.1, 0.15) is 23.1 Å². The highest BCUT2D eigenvalue weighted by molar-refractivity contribution is 7.91. The third-order valence-corrected chi connectivity index (χ3v) is 7.58. The van der Waals surface area contributed by atoms with Crippen molar-refractivity contribution < 1.29 is 8.42 Å². The minimum absolute atomic E-state index is 0.127. The molecular weight excluding hydrogens is 408 g/mol. The molecule has 5 nitrogen and oxygen atoms in total. The third-order valence-electron chi connectivity index (χ3n) is 5.80. The second-order valence-electron chi connectivity index (χ2n) is 7.84. The second-order valence-corrected chi connectivity index (χ2v) is 9.75. The van der Waals surface area contributed by atoms with Gasteiger partial charge in [-0.3, -0.25) is 4.79 Å². The number of benzene rings is 2. The van der Waals surface area contributed by atoms with Crippen molar-refractivity contribution in [2.24, 2.45) is 0 Å². The Hall–Kier alpha value is -3.38. The molecule has 0 saturated heterocycles. The Balaban J connectivity index is 1.64. The van der Waals surface area contributed by atoms with Gasteiger partial charge in [0.25, 0.3) is 5.56 Å². The third kappa shape index (κ3) is 3.53. The van der Waals surface area contributed by atoms with Gasteiger partial charge in [0.05, 0.1) is 16.3 Å². The summed E-state index contributed by atoms with van der Waals surface area (Å²) in [5.74, 6) is 0. The molecule has 2 heterocycles. The molecule has 1 aliphatic carbocycles. The quantitative estimate of drug-likeness (QED) is 0.527. The highest BCUT2D eigenvalue weighted by Crippen LogP contribution is 2.33. The average molecular weight is 431 g/mol. The van der Waals surface area contributed by atoms with Crippen molar-refractivity contribution in [3.05, 3.63) is 106 Å². The number of aromatic nitrogens is 2. The van der Waals surface area contributed by atoms with Gasteiger partial charge in [-0.1, -0.05) is 48.5 Å². The smallest absolute Gasteiger partial charge is 0.267 e. The molecule has 5 rings (SSSR count). The number of fused-ring (bicyclic) bond motifs is 3. The van der Waals surface area contributed by atoms with Gasteiger partial charge in [-0.2, -0.15) is 0 Å². The number of sulfone groups is 1. The lowest BCUT2D eigenvalue weighted by molar-refractivity contribution is 0.594. The number of rotatable bonds is 4. The zero-order valence-corrected chi connectivity index (χ0v) is 17.7. The van der Waals surface area contributed by atoms with Crippen molar-refractivity contribution in [2.75, 3.05) is 0 Å². The molecule has 0 saturated carbocycles. The van der Waals surface area contributed by atoms with E-state index in [0.29, 0.717) is 13.0 Å². The van der Waals surface area contributed by atoms with E-state index in [1.54, 1.807) is 24.3 Å². The van der Waals surface area contributed by atoms with Gasteiger partial charge in [0.2, 0.25) is 9.84 Å². The van der Waals surface area contributed by atoms with Crippen LogP contribution in [0.25, 0.3) is 11.4 Å². The maximum absolute atomic E-state index is 13.1. The maximum atomic E-state index is 13.1. The van der Waals surface area contributed by atoms with Crippen molar-refractivity contribution in [3.8, 4) is 11.4 Å². The molecule has 0 spiro atoms. The number of aryl methyl sites for hydroxylation is 2. The first-order chi connectivity index (χ1) is 15.0. The van der Waals surface area contributed by atoms with Crippen molar-refractivity contribution in [3.63, 3.8) is 0 Å². The number of H-pyrrole nitrogens is 1. The van der Waals surface area contributed by atoms with E-state index in [9.17, 15) is 13.2 Å². The molecule has 0 amide bonds. The molecule has 0 atom stereocenters. The van der Waals surface area contributed by atoms with E-state index in [4.69, 9.17) is 0 Å². The summed E-state index contributed by atoms with van der Waals surface area (Å²) in [5.41, 5.74) is 4.31. The van der Waals surface area contributed by atoms with Crippen molar-refractivity contribution in [2.45, 2.75) is 35.6 Å². The van der Waals surface area contributed by atoms with E-state index in [1.165, 1.54) is 17.7 Å². The SMILES string of the molecule is O=c1[nH]c2c(cc1S(=O)(=O)c1ccccc1)CCCc1ccn(Cc3ccccc3)c1-2. The summed E-state index contributed by atoms with van der Waals surface area (Å²) in [6, 6.07) is 21.9. The Bertz CT molecular complexity index is 1400. The van der Waals surface area contributed by atoms with Crippen molar-refractivity contribution >= 4 is 9.84 Å². The van der Waals surface area contributed by atoms with Gasteiger partial charge >= 0.3 is 0 Å². The second kappa shape index (κ2) is 7.71. The number of nitrogens with zero attached hydrogens (tertiary/aromatic N) is 1. The summed E-state index contributed by atoms with van der Waals surface area (Å²) < 4.78 is 28.3. The topological polar surface area (TPSA) is 71.9 Å². The van der Waals surface area contributed by atoms with Gasteiger partial charge < -0.3 is 9.55 Å². The molecule has 2 aromatic carbocycles. The van der Waals surface area contributed by atoms with Crippen LogP contribution in [0.2, 0.25) is 0 Å². The first-order valence-electron chi connectivity index (χ1n) is 10.3. The molecule has 0 aliphatic heterocycles. The van der Waals surface area contributed by atoms with Crippen LogP contribution in [0.4, 0.5) is 0 Å². The Morgan fingerprint density at radius 3 is 2.29 bits per heavy atom. The number of pyridine rings is 1. The molecular formula is C25H22N2O3S. The fraction of sp³-hybridized carbons (Fsp3) is 0.160. The zero-order valence-electron chi connectivity index (χ0n) is 16.9. The molecule has 2 aromatic heterocycles. The largest absolute Gasteiger partial charge is 0.342 e. The minimum Gasteiger partial charge on any atom is -0.342 e. The van der Waals surface area contributed by atoms with Gasteiger partial charge in [-0.25, -0.2) is 8.42 Å². The van der Waals surface area contributed by atoms with E-state index >= 15 is 0 Å². The van der Waals surface area contributed by atoms with Crippen LogP contribution in [-0.2, 0) is 29.2 Å². The number of hydrogen-bond donors (Lipinski definition) is 1. The van der Waals surface area contributed by atoms with Crippen LogP contribution in [0.5, 0.6) is 0 Å². The Labute approximate surface area is 180 Å². The van der Waals surface area contributed by atoms with E-state index < -0.39 is 15.4 Å². The maximum Gasteiger partial charge on any atom is 0.267 e. The highest BCUT2D eigenvalue weighted by atomic mass is 32.2. The van der Waals surface area contributed by atoms with Crippen LogP contribution in [-0.4, -0.2) is 18.0 Å². The summed E-state index contributed by atoms with van der Waals surface area (Å²) in [5, 5.41) is 0. The predicted octanol–water partition coefficient (Wildman–Crippen LogP) is 4.21. The zero-order chi connectivity index (χ0) is 21.4. The summed E-state index contributed by atoms with van der Waals surface area (Å²) >= 11 is 0. The first-order valence-corrected chi connectivity index (χ1v) is 11.8. The van der Waals surface area contributed by atoms with Crippen LogP contribution in [0.3, 0.4) is 0 Å². The molecule has 0 radical (unpaired) electrons. The summed E-state index contributed by atoms with van der Waals surface area (Å²) in [6.07, 6.45) is 4.53. The van der Waals surface area contributed by atoms with Crippen LogP contribution in [0, 0.1) is 0 Å². The van der Waals surface area contributed by atoms with E-state index in [1.807, 2.05) is 24.4 Å².